The second-order valence-electron chi connectivity index (χ2n) is 5.81. The van der Waals surface area contributed by atoms with E-state index in [9.17, 15) is 27.9 Å². The molecule has 0 saturated heterocycles. The molecule has 7 nitrogen and oxygen atoms in total. The van der Waals surface area contributed by atoms with Crippen LogP contribution in [-0.2, 0) is 11.0 Å². The van der Waals surface area contributed by atoms with Crippen molar-refractivity contribution in [2.24, 2.45) is 0 Å². The van der Waals surface area contributed by atoms with Crippen molar-refractivity contribution in [3.63, 3.8) is 0 Å². The fourth-order valence-corrected chi connectivity index (χ4v) is 2.73. The van der Waals surface area contributed by atoms with Gasteiger partial charge in [0, 0.05) is 18.7 Å². The summed E-state index contributed by atoms with van der Waals surface area (Å²) in [5.74, 6) is -1.79. The molecule has 1 aromatic carbocycles. The predicted octanol–water partition coefficient (Wildman–Crippen LogP) is 3.38. The SMILES string of the molecule is CC(=O)Nc1nc2c(-c3cccc(C(F)(F)F)c3)c(C)c(C(=O)O)cn2n1. The molecule has 0 atom stereocenters. The van der Waals surface area contributed by atoms with E-state index in [4.69, 9.17) is 0 Å². The Morgan fingerprint density at radius 3 is 2.56 bits per heavy atom. The van der Waals surface area contributed by atoms with Crippen LogP contribution in [0.25, 0.3) is 16.8 Å². The first kappa shape index (κ1) is 18.4. The van der Waals surface area contributed by atoms with Crippen molar-refractivity contribution in [3.05, 3.63) is 47.2 Å². The zero-order valence-electron chi connectivity index (χ0n) is 14.1. The Kier molecular flexibility index (Phi) is 4.34. The Morgan fingerprint density at radius 2 is 1.96 bits per heavy atom. The largest absolute Gasteiger partial charge is 0.478 e. The van der Waals surface area contributed by atoms with Gasteiger partial charge in [-0.2, -0.15) is 18.2 Å². The Labute approximate surface area is 150 Å². The van der Waals surface area contributed by atoms with E-state index in [1.807, 2.05) is 0 Å². The summed E-state index contributed by atoms with van der Waals surface area (Å²) < 4.78 is 40.4. The van der Waals surface area contributed by atoms with Crippen molar-refractivity contribution in [1.82, 2.24) is 14.6 Å². The minimum absolute atomic E-state index is 0.0855. The summed E-state index contributed by atoms with van der Waals surface area (Å²) in [4.78, 5) is 26.9. The summed E-state index contributed by atoms with van der Waals surface area (Å²) in [6.07, 6.45) is -3.36. The predicted molar refractivity (Wildman–Crippen MR) is 89.4 cm³/mol. The minimum atomic E-state index is -4.56. The van der Waals surface area contributed by atoms with E-state index in [0.717, 1.165) is 16.6 Å². The fraction of sp³-hybridized carbons (Fsp3) is 0.176. The number of nitrogens with zero attached hydrogens (tertiary/aromatic N) is 3. The summed E-state index contributed by atoms with van der Waals surface area (Å²) in [7, 11) is 0. The molecule has 0 bridgehead atoms. The number of amides is 1. The number of nitrogens with one attached hydrogen (secondary N) is 1. The van der Waals surface area contributed by atoms with E-state index in [2.05, 4.69) is 15.4 Å². The van der Waals surface area contributed by atoms with Crippen molar-refractivity contribution in [1.29, 1.82) is 0 Å². The van der Waals surface area contributed by atoms with Crippen LogP contribution in [0, 0.1) is 6.92 Å². The van der Waals surface area contributed by atoms with Gasteiger partial charge in [-0.3, -0.25) is 10.1 Å². The summed E-state index contributed by atoms with van der Waals surface area (Å²) in [6, 6.07) is 4.49. The van der Waals surface area contributed by atoms with Gasteiger partial charge in [0.05, 0.1) is 11.1 Å². The lowest BCUT2D eigenvalue weighted by molar-refractivity contribution is -0.137. The number of halogens is 3. The molecule has 0 spiro atoms. The number of aromatic nitrogens is 3. The van der Waals surface area contributed by atoms with Crippen molar-refractivity contribution in [2.75, 3.05) is 5.32 Å². The highest BCUT2D eigenvalue weighted by molar-refractivity contribution is 5.95. The Balaban J connectivity index is 2.33. The number of carbonyl (C=O) groups excluding carboxylic acids is 1. The highest BCUT2D eigenvalue weighted by atomic mass is 19.4. The Bertz CT molecular complexity index is 1070. The summed E-state index contributed by atoms with van der Waals surface area (Å²) in [6.45, 7) is 2.72. The number of aromatic carboxylic acids is 1. The molecule has 0 aliphatic carbocycles. The molecule has 0 unspecified atom stereocenters. The van der Waals surface area contributed by atoms with E-state index < -0.39 is 23.6 Å². The molecule has 2 N–H and O–H groups in total. The number of carbonyl (C=O) groups is 2. The Morgan fingerprint density at radius 1 is 1.26 bits per heavy atom. The van der Waals surface area contributed by atoms with Crippen LogP contribution in [0.3, 0.4) is 0 Å². The van der Waals surface area contributed by atoms with E-state index in [1.54, 1.807) is 0 Å². The van der Waals surface area contributed by atoms with Crippen LogP contribution in [0.4, 0.5) is 19.1 Å². The van der Waals surface area contributed by atoms with Crippen LogP contribution < -0.4 is 5.32 Å². The molecule has 27 heavy (non-hydrogen) atoms. The third-order valence-corrected chi connectivity index (χ3v) is 3.88. The quantitative estimate of drug-likeness (QED) is 0.728. The lowest BCUT2D eigenvalue weighted by Gasteiger charge is -2.13. The summed E-state index contributed by atoms with van der Waals surface area (Å²) >= 11 is 0. The van der Waals surface area contributed by atoms with Crippen LogP contribution in [0.15, 0.2) is 30.5 Å². The van der Waals surface area contributed by atoms with Gasteiger partial charge < -0.3 is 5.11 Å². The van der Waals surface area contributed by atoms with Crippen LogP contribution in [0.1, 0.15) is 28.4 Å². The molecule has 3 aromatic rings. The number of fused-ring (bicyclic) bond motifs is 1. The van der Waals surface area contributed by atoms with E-state index in [1.165, 1.54) is 32.2 Å². The zero-order valence-corrected chi connectivity index (χ0v) is 14.1. The second kappa shape index (κ2) is 6.38. The van der Waals surface area contributed by atoms with E-state index in [0.29, 0.717) is 0 Å². The number of rotatable bonds is 3. The number of hydrogen-bond donors (Lipinski definition) is 2. The maximum absolute atomic E-state index is 13.1. The first-order valence-corrected chi connectivity index (χ1v) is 7.66. The molecule has 0 aliphatic rings. The van der Waals surface area contributed by atoms with Crippen molar-refractivity contribution in [3.8, 4) is 11.1 Å². The molecular formula is C17H13F3N4O3. The van der Waals surface area contributed by atoms with Gasteiger partial charge in [0.1, 0.15) is 0 Å². The molecule has 0 radical (unpaired) electrons. The monoisotopic (exact) mass is 378 g/mol. The lowest BCUT2D eigenvalue weighted by atomic mass is 9.97. The number of anilines is 1. The molecular weight excluding hydrogens is 365 g/mol. The number of hydrogen-bond acceptors (Lipinski definition) is 4. The molecule has 140 valence electrons. The van der Waals surface area contributed by atoms with Crippen LogP contribution in [0.5, 0.6) is 0 Å². The smallest absolute Gasteiger partial charge is 0.416 e. The highest BCUT2D eigenvalue weighted by Crippen LogP contribution is 2.35. The van der Waals surface area contributed by atoms with Gasteiger partial charge in [-0.25, -0.2) is 9.31 Å². The van der Waals surface area contributed by atoms with Crippen molar-refractivity contribution >= 4 is 23.5 Å². The number of alkyl halides is 3. The molecule has 2 heterocycles. The third kappa shape index (κ3) is 3.46. The van der Waals surface area contributed by atoms with Gasteiger partial charge in [-0.15, -0.1) is 5.10 Å². The van der Waals surface area contributed by atoms with Crippen molar-refractivity contribution in [2.45, 2.75) is 20.0 Å². The average Bonchev–Trinajstić information content (AvgIpc) is 2.94. The first-order chi connectivity index (χ1) is 12.6. The van der Waals surface area contributed by atoms with Crippen LogP contribution in [-0.4, -0.2) is 31.6 Å². The maximum Gasteiger partial charge on any atom is 0.416 e. The topological polar surface area (TPSA) is 96.6 Å². The normalized spacial score (nSPS) is 11.6. The molecule has 1 amide bonds. The second-order valence-corrected chi connectivity index (χ2v) is 5.81. The van der Waals surface area contributed by atoms with Gasteiger partial charge in [-0.1, -0.05) is 12.1 Å². The molecule has 3 rings (SSSR count). The highest BCUT2D eigenvalue weighted by Gasteiger charge is 2.31. The first-order valence-electron chi connectivity index (χ1n) is 7.66. The lowest BCUT2D eigenvalue weighted by Crippen LogP contribution is -2.08. The summed E-state index contributed by atoms with van der Waals surface area (Å²) in [5.41, 5.74) is -0.340. The third-order valence-electron chi connectivity index (χ3n) is 3.88. The number of pyridine rings is 1. The molecule has 0 fully saturated rings. The van der Waals surface area contributed by atoms with Gasteiger partial charge >= 0.3 is 12.1 Å². The number of carboxylic acid groups (broad SMARTS) is 1. The maximum atomic E-state index is 13.1. The van der Waals surface area contributed by atoms with E-state index >= 15 is 0 Å². The van der Waals surface area contributed by atoms with Crippen LogP contribution >= 0.6 is 0 Å². The number of benzene rings is 1. The summed E-state index contributed by atoms with van der Waals surface area (Å²) in [5, 5.41) is 15.8. The molecule has 0 saturated carbocycles. The van der Waals surface area contributed by atoms with Crippen LogP contribution in [0.2, 0.25) is 0 Å². The standard InChI is InChI=1S/C17H13F3N4O3/c1-8-12(15(26)27)7-24-14(22-16(23-24)21-9(2)25)13(8)10-4-3-5-11(6-10)17(18,19)20/h3-7H,1-2H3,(H,26,27)(H,21,23,25). The number of carboxylic acids is 1. The van der Waals surface area contributed by atoms with Gasteiger partial charge in [0.15, 0.2) is 5.65 Å². The average molecular weight is 378 g/mol. The van der Waals surface area contributed by atoms with Crippen molar-refractivity contribution < 1.29 is 27.9 Å². The van der Waals surface area contributed by atoms with Gasteiger partial charge in [0.25, 0.3) is 0 Å². The Hall–Kier alpha value is -3.43. The molecule has 10 heteroatoms. The molecule has 0 aliphatic heterocycles. The fourth-order valence-electron chi connectivity index (χ4n) is 2.73. The molecule has 2 aromatic heterocycles. The minimum Gasteiger partial charge on any atom is -0.478 e. The van der Waals surface area contributed by atoms with Gasteiger partial charge in [0.2, 0.25) is 11.9 Å². The van der Waals surface area contributed by atoms with Gasteiger partial charge in [-0.05, 0) is 30.2 Å². The van der Waals surface area contributed by atoms with E-state index in [-0.39, 0.29) is 33.8 Å². The zero-order chi connectivity index (χ0) is 19.9.